The molecule has 0 aromatic carbocycles. The highest BCUT2D eigenvalue weighted by Gasteiger charge is 2.02. The summed E-state index contributed by atoms with van der Waals surface area (Å²) in [5, 5.41) is 0. The molecule has 0 saturated carbocycles. The van der Waals surface area contributed by atoms with E-state index in [1.165, 1.54) is 0 Å². The predicted octanol–water partition coefficient (Wildman–Crippen LogP) is 2.14. The lowest BCUT2D eigenvalue weighted by Crippen LogP contribution is -2.11. The van der Waals surface area contributed by atoms with Crippen molar-refractivity contribution in [2.45, 2.75) is 19.9 Å². The molecule has 0 amide bonds. The standard InChI is InChI=1S/C8H12F2N2OS/c1-6-4-11-8(14)12(6)2-3-13-5-7(9)10/h4,7H,2-3,5H2,1H3,(H,11,14). The van der Waals surface area contributed by atoms with E-state index in [1.807, 2.05) is 6.92 Å². The quantitative estimate of drug-likeness (QED) is 0.611. The van der Waals surface area contributed by atoms with Crippen LogP contribution in [0.2, 0.25) is 0 Å². The lowest BCUT2D eigenvalue weighted by atomic mass is 10.5. The monoisotopic (exact) mass is 222 g/mol. The summed E-state index contributed by atoms with van der Waals surface area (Å²) in [6, 6.07) is 0. The number of hydrogen-bond acceptors (Lipinski definition) is 2. The van der Waals surface area contributed by atoms with Crippen molar-refractivity contribution >= 4 is 12.2 Å². The number of aryl methyl sites for hydroxylation is 1. The van der Waals surface area contributed by atoms with Gasteiger partial charge in [-0.05, 0) is 19.1 Å². The predicted molar refractivity (Wildman–Crippen MR) is 51.2 cm³/mol. The van der Waals surface area contributed by atoms with Crippen molar-refractivity contribution in [1.29, 1.82) is 0 Å². The molecule has 14 heavy (non-hydrogen) atoms. The Hall–Kier alpha value is -0.750. The van der Waals surface area contributed by atoms with Crippen LogP contribution in [-0.2, 0) is 11.3 Å². The highest BCUT2D eigenvalue weighted by molar-refractivity contribution is 7.71. The Morgan fingerprint density at radius 3 is 2.86 bits per heavy atom. The fourth-order valence-electron chi connectivity index (χ4n) is 1.09. The fraction of sp³-hybridized carbons (Fsp3) is 0.625. The van der Waals surface area contributed by atoms with E-state index in [4.69, 9.17) is 17.0 Å². The van der Waals surface area contributed by atoms with Crippen molar-refractivity contribution in [3.63, 3.8) is 0 Å². The smallest absolute Gasteiger partial charge is 0.261 e. The van der Waals surface area contributed by atoms with Crippen molar-refractivity contribution in [2.24, 2.45) is 0 Å². The summed E-state index contributed by atoms with van der Waals surface area (Å²) >= 11 is 4.98. The Balaban J connectivity index is 2.35. The van der Waals surface area contributed by atoms with Gasteiger partial charge in [0.25, 0.3) is 6.43 Å². The number of hydrogen-bond donors (Lipinski definition) is 1. The number of nitrogens with zero attached hydrogens (tertiary/aromatic N) is 1. The van der Waals surface area contributed by atoms with E-state index in [2.05, 4.69) is 4.98 Å². The maximum absolute atomic E-state index is 11.7. The minimum atomic E-state index is -2.41. The molecule has 0 spiro atoms. The summed E-state index contributed by atoms with van der Waals surface area (Å²) in [6.07, 6.45) is -0.634. The van der Waals surface area contributed by atoms with Gasteiger partial charge in [0.1, 0.15) is 6.61 Å². The fourth-order valence-corrected chi connectivity index (χ4v) is 1.38. The van der Waals surface area contributed by atoms with Gasteiger partial charge in [-0.15, -0.1) is 0 Å². The average molecular weight is 222 g/mol. The van der Waals surface area contributed by atoms with Gasteiger partial charge in [0.2, 0.25) is 0 Å². The Morgan fingerprint density at radius 2 is 2.36 bits per heavy atom. The third-order valence-electron chi connectivity index (χ3n) is 1.78. The number of halogens is 2. The molecule has 3 nitrogen and oxygen atoms in total. The summed E-state index contributed by atoms with van der Waals surface area (Å²) in [4.78, 5) is 2.86. The zero-order valence-electron chi connectivity index (χ0n) is 7.80. The molecule has 0 saturated heterocycles. The van der Waals surface area contributed by atoms with Gasteiger partial charge < -0.3 is 14.3 Å². The first-order chi connectivity index (χ1) is 6.61. The summed E-state index contributed by atoms with van der Waals surface area (Å²) < 4.78 is 30.5. The second kappa shape index (κ2) is 5.21. The number of rotatable bonds is 5. The number of imidazole rings is 1. The molecule has 6 heteroatoms. The van der Waals surface area contributed by atoms with Gasteiger partial charge in [-0.2, -0.15) is 0 Å². The van der Waals surface area contributed by atoms with Gasteiger partial charge >= 0.3 is 0 Å². The van der Waals surface area contributed by atoms with Crippen molar-refractivity contribution < 1.29 is 13.5 Å². The van der Waals surface area contributed by atoms with Gasteiger partial charge in [0.15, 0.2) is 4.77 Å². The molecule has 0 atom stereocenters. The maximum atomic E-state index is 11.7. The van der Waals surface area contributed by atoms with Crippen molar-refractivity contribution in [1.82, 2.24) is 9.55 Å². The normalized spacial score (nSPS) is 11.1. The first-order valence-corrected chi connectivity index (χ1v) is 4.63. The molecule has 0 aliphatic rings. The average Bonchev–Trinajstić information content (AvgIpc) is 2.42. The first-order valence-electron chi connectivity index (χ1n) is 4.22. The number of nitrogens with one attached hydrogen (secondary N) is 1. The van der Waals surface area contributed by atoms with Gasteiger partial charge in [0.05, 0.1) is 6.61 Å². The van der Waals surface area contributed by atoms with Crippen LogP contribution in [-0.4, -0.2) is 29.2 Å². The van der Waals surface area contributed by atoms with Gasteiger partial charge in [-0.1, -0.05) is 0 Å². The summed E-state index contributed by atoms with van der Waals surface area (Å²) in [6.45, 7) is 2.12. The topological polar surface area (TPSA) is 29.9 Å². The van der Waals surface area contributed by atoms with Crippen LogP contribution in [0.3, 0.4) is 0 Å². The van der Waals surface area contributed by atoms with Crippen LogP contribution in [0.15, 0.2) is 6.20 Å². The summed E-state index contributed by atoms with van der Waals surface area (Å²) in [5.74, 6) is 0. The Kier molecular flexibility index (Phi) is 4.21. The number of ether oxygens (including phenoxy) is 1. The number of aromatic amines is 1. The van der Waals surface area contributed by atoms with E-state index in [9.17, 15) is 8.78 Å². The highest BCUT2D eigenvalue weighted by atomic mass is 32.1. The van der Waals surface area contributed by atoms with Gasteiger partial charge in [0, 0.05) is 18.4 Å². The van der Waals surface area contributed by atoms with Crippen molar-refractivity contribution in [3.8, 4) is 0 Å². The number of aromatic nitrogens is 2. The van der Waals surface area contributed by atoms with E-state index in [0.717, 1.165) is 5.69 Å². The zero-order valence-corrected chi connectivity index (χ0v) is 8.61. The maximum Gasteiger partial charge on any atom is 0.261 e. The minimum absolute atomic E-state index is 0.247. The molecule has 0 unspecified atom stereocenters. The van der Waals surface area contributed by atoms with Crippen LogP contribution in [0.25, 0.3) is 0 Å². The molecular weight excluding hydrogens is 210 g/mol. The second-order valence-electron chi connectivity index (χ2n) is 2.85. The van der Waals surface area contributed by atoms with Crippen LogP contribution in [0, 0.1) is 11.7 Å². The Morgan fingerprint density at radius 1 is 1.64 bits per heavy atom. The molecule has 1 aromatic rings. The Labute approximate surface area is 85.7 Å². The summed E-state index contributed by atoms with van der Waals surface area (Å²) in [5.41, 5.74) is 0.968. The van der Waals surface area contributed by atoms with E-state index in [-0.39, 0.29) is 6.61 Å². The molecule has 1 N–H and O–H groups in total. The van der Waals surface area contributed by atoms with E-state index in [0.29, 0.717) is 11.3 Å². The second-order valence-corrected chi connectivity index (χ2v) is 3.24. The van der Waals surface area contributed by atoms with E-state index in [1.54, 1.807) is 10.8 Å². The lowest BCUT2D eigenvalue weighted by molar-refractivity contribution is 0.0146. The Bertz CT molecular complexity index is 334. The molecule has 1 aromatic heterocycles. The van der Waals surface area contributed by atoms with Crippen LogP contribution < -0.4 is 0 Å². The van der Waals surface area contributed by atoms with E-state index < -0.39 is 13.0 Å². The zero-order chi connectivity index (χ0) is 10.6. The lowest BCUT2D eigenvalue weighted by Gasteiger charge is -2.05. The van der Waals surface area contributed by atoms with Crippen LogP contribution in [0.4, 0.5) is 8.78 Å². The van der Waals surface area contributed by atoms with Crippen LogP contribution >= 0.6 is 12.2 Å². The van der Waals surface area contributed by atoms with Crippen molar-refractivity contribution in [2.75, 3.05) is 13.2 Å². The molecule has 0 bridgehead atoms. The molecule has 1 heterocycles. The van der Waals surface area contributed by atoms with Crippen LogP contribution in [0.1, 0.15) is 5.69 Å². The van der Waals surface area contributed by atoms with Crippen LogP contribution in [0.5, 0.6) is 0 Å². The van der Waals surface area contributed by atoms with Gasteiger partial charge in [-0.3, -0.25) is 0 Å². The molecule has 0 aliphatic heterocycles. The minimum Gasteiger partial charge on any atom is -0.374 e. The third kappa shape index (κ3) is 3.19. The van der Waals surface area contributed by atoms with Crippen molar-refractivity contribution in [3.05, 3.63) is 16.7 Å². The highest BCUT2D eigenvalue weighted by Crippen LogP contribution is 2.00. The first kappa shape index (κ1) is 11.3. The molecule has 80 valence electrons. The SMILES string of the molecule is Cc1c[nH]c(=S)n1CCOCC(F)F. The summed E-state index contributed by atoms with van der Waals surface area (Å²) in [7, 11) is 0. The molecule has 0 radical (unpaired) electrons. The molecule has 1 rings (SSSR count). The molecule has 0 fully saturated rings. The molecular formula is C8H12F2N2OS. The van der Waals surface area contributed by atoms with Gasteiger partial charge in [-0.25, -0.2) is 8.78 Å². The molecule has 0 aliphatic carbocycles. The largest absolute Gasteiger partial charge is 0.374 e. The third-order valence-corrected chi connectivity index (χ3v) is 2.12. The van der Waals surface area contributed by atoms with E-state index >= 15 is 0 Å². The number of H-pyrrole nitrogens is 1. The number of alkyl halides is 2.